The van der Waals surface area contributed by atoms with Crippen LogP contribution in [0.25, 0.3) is 0 Å². The molecule has 0 saturated carbocycles. The molecule has 98 valence electrons. The van der Waals surface area contributed by atoms with Crippen LogP contribution in [0.15, 0.2) is 42.5 Å². The molecule has 5 heteroatoms. The van der Waals surface area contributed by atoms with Gasteiger partial charge in [0.15, 0.2) is 0 Å². The van der Waals surface area contributed by atoms with Crippen LogP contribution in [-0.4, -0.2) is 5.91 Å². The van der Waals surface area contributed by atoms with Gasteiger partial charge in [-0.25, -0.2) is 0 Å². The highest BCUT2D eigenvalue weighted by molar-refractivity contribution is 9.08. The summed E-state index contributed by atoms with van der Waals surface area (Å²) in [5.41, 5.74) is 2.27. The Balaban J connectivity index is 2.15. The summed E-state index contributed by atoms with van der Waals surface area (Å²) in [6, 6.07) is 12.3. The molecule has 1 N–H and O–H groups in total. The van der Waals surface area contributed by atoms with E-state index in [9.17, 15) is 4.79 Å². The summed E-state index contributed by atoms with van der Waals surface area (Å²) in [7, 11) is 0. The van der Waals surface area contributed by atoms with Crippen LogP contribution < -0.4 is 5.32 Å². The van der Waals surface area contributed by atoms with E-state index in [1.165, 1.54) is 0 Å². The SMILES string of the molecule is O=C(Nc1cc(Cl)cc(Cl)c1)c1ccc(CBr)cc1. The summed E-state index contributed by atoms with van der Waals surface area (Å²) in [6.07, 6.45) is 0. The molecule has 0 heterocycles. The van der Waals surface area contributed by atoms with Gasteiger partial charge < -0.3 is 5.32 Å². The van der Waals surface area contributed by atoms with Gasteiger partial charge in [-0.1, -0.05) is 51.3 Å². The minimum absolute atomic E-state index is 0.195. The molecular weight excluding hydrogens is 349 g/mol. The van der Waals surface area contributed by atoms with Gasteiger partial charge in [-0.2, -0.15) is 0 Å². The minimum Gasteiger partial charge on any atom is -0.322 e. The van der Waals surface area contributed by atoms with E-state index in [1.54, 1.807) is 30.3 Å². The molecule has 2 rings (SSSR count). The number of carbonyl (C=O) groups excluding carboxylic acids is 1. The van der Waals surface area contributed by atoms with Crippen molar-refractivity contribution in [3.8, 4) is 0 Å². The molecule has 0 saturated heterocycles. The summed E-state index contributed by atoms with van der Waals surface area (Å²) < 4.78 is 0. The lowest BCUT2D eigenvalue weighted by Gasteiger charge is -2.07. The molecule has 0 atom stereocenters. The molecule has 0 unspecified atom stereocenters. The van der Waals surface area contributed by atoms with Gasteiger partial charge >= 0.3 is 0 Å². The summed E-state index contributed by atoms with van der Waals surface area (Å²) in [5.74, 6) is -0.195. The Morgan fingerprint density at radius 1 is 1.05 bits per heavy atom. The van der Waals surface area contributed by atoms with Gasteiger partial charge in [-0.3, -0.25) is 4.79 Å². The van der Waals surface area contributed by atoms with Crippen molar-refractivity contribution in [1.82, 2.24) is 0 Å². The normalized spacial score (nSPS) is 10.3. The fourth-order valence-electron chi connectivity index (χ4n) is 1.57. The Labute approximate surface area is 129 Å². The molecule has 0 aliphatic carbocycles. The second kappa shape index (κ2) is 6.42. The molecule has 0 aromatic heterocycles. The van der Waals surface area contributed by atoms with Crippen molar-refractivity contribution in [3.63, 3.8) is 0 Å². The van der Waals surface area contributed by atoms with Crippen LogP contribution in [-0.2, 0) is 5.33 Å². The lowest BCUT2D eigenvalue weighted by Crippen LogP contribution is -2.11. The van der Waals surface area contributed by atoms with E-state index in [4.69, 9.17) is 23.2 Å². The Morgan fingerprint density at radius 2 is 1.63 bits per heavy atom. The van der Waals surface area contributed by atoms with Crippen molar-refractivity contribution in [2.24, 2.45) is 0 Å². The number of carbonyl (C=O) groups is 1. The second-order valence-corrected chi connectivity index (χ2v) is 5.38. The van der Waals surface area contributed by atoms with E-state index in [0.29, 0.717) is 21.3 Å². The molecule has 19 heavy (non-hydrogen) atoms. The van der Waals surface area contributed by atoms with Crippen molar-refractivity contribution in [2.45, 2.75) is 5.33 Å². The molecule has 0 fully saturated rings. The smallest absolute Gasteiger partial charge is 0.255 e. The van der Waals surface area contributed by atoms with E-state index in [2.05, 4.69) is 21.2 Å². The number of hydrogen-bond donors (Lipinski definition) is 1. The van der Waals surface area contributed by atoms with Crippen LogP contribution >= 0.6 is 39.1 Å². The standard InChI is InChI=1S/C14H10BrCl2NO/c15-8-9-1-3-10(4-2-9)14(19)18-13-6-11(16)5-12(17)7-13/h1-7H,8H2,(H,18,19). The Hall–Kier alpha value is -1.03. The van der Waals surface area contributed by atoms with Gasteiger partial charge in [-0.15, -0.1) is 0 Å². The summed E-state index contributed by atoms with van der Waals surface area (Å²) in [6.45, 7) is 0. The second-order valence-electron chi connectivity index (χ2n) is 3.94. The highest BCUT2D eigenvalue weighted by atomic mass is 79.9. The lowest BCUT2D eigenvalue weighted by atomic mass is 10.1. The van der Waals surface area contributed by atoms with Gasteiger partial charge in [0, 0.05) is 26.6 Å². The van der Waals surface area contributed by atoms with E-state index in [0.717, 1.165) is 10.9 Å². The molecule has 0 spiro atoms. The molecule has 0 aliphatic rings. The topological polar surface area (TPSA) is 29.1 Å². The quantitative estimate of drug-likeness (QED) is 0.756. The van der Waals surface area contributed by atoms with Crippen LogP contribution in [0.5, 0.6) is 0 Å². The Kier molecular flexibility index (Phi) is 4.86. The summed E-state index contributed by atoms with van der Waals surface area (Å²) in [4.78, 5) is 12.0. The van der Waals surface area contributed by atoms with E-state index in [-0.39, 0.29) is 5.91 Å². The van der Waals surface area contributed by atoms with Crippen molar-refractivity contribution >= 4 is 50.7 Å². The molecule has 2 aromatic carbocycles. The van der Waals surface area contributed by atoms with E-state index >= 15 is 0 Å². The zero-order valence-corrected chi connectivity index (χ0v) is 12.9. The molecule has 0 aliphatic heterocycles. The average molecular weight is 359 g/mol. The summed E-state index contributed by atoms with van der Waals surface area (Å²) in [5, 5.41) is 4.49. The van der Waals surface area contributed by atoms with Crippen molar-refractivity contribution in [2.75, 3.05) is 5.32 Å². The molecule has 0 bridgehead atoms. The zero-order chi connectivity index (χ0) is 13.8. The van der Waals surface area contributed by atoms with Gasteiger partial charge in [0.05, 0.1) is 0 Å². The Bertz CT molecular complexity index is 579. The number of halogens is 3. The first-order chi connectivity index (χ1) is 9.08. The number of benzene rings is 2. The average Bonchev–Trinajstić information content (AvgIpc) is 2.37. The number of alkyl halides is 1. The monoisotopic (exact) mass is 357 g/mol. The lowest BCUT2D eigenvalue weighted by molar-refractivity contribution is 0.102. The maximum atomic E-state index is 12.0. The maximum absolute atomic E-state index is 12.0. The van der Waals surface area contributed by atoms with Gasteiger partial charge in [-0.05, 0) is 35.9 Å². The van der Waals surface area contributed by atoms with Crippen LogP contribution in [0.1, 0.15) is 15.9 Å². The number of nitrogens with one attached hydrogen (secondary N) is 1. The Morgan fingerprint density at radius 3 is 2.16 bits per heavy atom. The first kappa shape index (κ1) is 14.4. The predicted molar refractivity (Wildman–Crippen MR) is 83.5 cm³/mol. The minimum atomic E-state index is -0.195. The molecule has 2 aromatic rings. The first-order valence-electron chi connectivity index (χ1n) is 5.51. The zero-order valence-electron chi connectivity index (χ0n) is 9.79. The van der Waals surface area contributed by atoms with E-state index in [1.807, 2.05) is 12.1 Å². The molecule has 2 nitrogen and oxygen atoms in total. The molecule has 0 radical (unpaired) electrons. The van der Waals surface area contributed by atoms with Crippen molar-refractivity contribution in [1.29, 1.82) is 0 Å². The van der Waals surface area contributed by atoms with Crippen LogP contribution in [0.2, 0.25) is 10.0 Å². The highest BCUT2D eigenvalue weighted by Crippen LogP contribution is 2.23. The third-order valence-electron chi connectivity index (χ3n) is 2.49. The van der Waals surface area contributed by atoms with Gasteiger partial charge in [0.2, 0.25) is 0 Å². The number of amides is 1. The van der Waals surface area contributed by atoms with Crippen molar-refractivity contribution < 1.29 is 4.79 Å². The summed E-state index contributed by atoms with van der Waals surface area (Å²) >= 11 is 15.1. The number of rotatable bonds is 3. The largest absolute Gasteiger partial charge is 0.322 e. The molecule has 1 amide bonds. The van der Waals surface area contributed by atoms with Crippen LogP contribution in [0.3, 0.4) is 0 Å². The number of anilines is 1. The molecular formula is C14H10BrCl2NO. The van der Waals surface area contributed by atoms with Crippen molar-refractivity contribution in [3.05, 3.63) is 63.6 Å². The van der Waals surface area contributed by atoms with Crippen LogP contribution in [0.4, 0.5) is 5.69 Å². The fourth-order valence-corrected chi connectivity index (χ4v) is 2.47. The third-order valence-corrected chi connectivity index (χ3v) is 3.57. The fraction of sp³-hybridized carbons (Fsp3) is 0.0714. The maximum Gasteiger partial charge on any atom is 0.255 e. The predicted octanol–water partition coefficient (Wildman–Crippen LogP) is 5.14. The third kappa shape index (κ3) is 3.96. The first-order valence-corrected chi connectivity index (χ1v) is 7.38. The highest BCUT2D eigenvalue weighted by Gasteiger charge is 2.07. The number of hydrogen-bond acceptors (Lipinski definition) is 1. The van der Waals surface area contributed by atoms with Gasteiger partial charge in [0.25, 0.3) is 5.91 Å². The van der Waals surface area contributed by atoms with E-state index < -0.39 is 0 Å². The van der Waals surface area contributed by atoms with Crippen LogP contribution in [0, 0.1) is 0 Å². The van der Waals surface area contributed by atoms with Gasteiger partial charge in [0.1, 0.15) is 0 Å².